The first kappa shape index (κ1) is 16.9. The fourth-order valence-electron chi connectivity index (χ4n) is 3.77. The zero-order valence-corrected chi connectivity index (χ0v) is 13.5. The van der Waals surface area contributed by atoms with Crippen LogP contribution in [0.2, 0.25) is 0 Å². The molecule has 130 valence electrons. The fourth-order valence-corrected chi connectivity index (χ4v) is 3.77. The average molecular weight is 335 g/mol. The Morgan fingerprint density at radius 2 is 1.92 bits per heavy atom. The van der Waals surface area contributed by atoms with E-state index in [2.05, 4.69) is 5.32 Å². The van der Waals surface area contributed by atoms with E-state index in [1.54, 1.807) is 6.07 Å². The van der Waals surface area contributed by atoms with Crippen LogP contribution in [0.25, 0.3) is 0 Å². The number of halogens is 1. The lowest BCUT2D eigenvalue weighted by atomic mass is 9.82. The molecule has 2 aliphatic rings. The second kappa shape index (κ2) is 6.89. The van der Waals surface area contributed by atoms with Crippen LogP contribution in [0, 0.1) is 17.7 Å². The molecule has 0 spiro atoms. The first-order chi connectivity index (χ1) is 11.5. The molecule has 0 radical (unpaired) electrons. The molecular weight excluding hydrogens is 313 g/mol. The molecule has 2 N–H and O–H groups in total. The van der Waals surface area contributed by atoms with E-state index in [4.69, 9.17) is 9.84 Å². The highest BCUT2D eigenvalue weighted by molar-refractivity contribution is 5.81. The molecule has 3 rings (SSSR count). The maximum Gasteiger partial charge on any atom is 0.306 e. The minimum atomic E-state index is -0.837. The quantitative estimate of drug-likeness (QED) is 0.886. The molecule has 0 bridgehead atoms. The first-order valence-electron chi connectivity index (χ1n) is 8.39. The summed E-state index contributed by atoms with van der Waals surface area (Å²) in [7, 11) is 0. The van der Waals surface area contributed by atoms with E-state index in [9.17, 15) is 14.0 Å². The summed E-state index contributed by atoms with van der Waals surface area (Å²) in [6.07, 6.45) is 2.65. The molecule has 1 saturated carbocycles. The number of ether oxygens (including phenoxy) is 1. The molecule has 1 aromatic carbocycles. The summed E-state index contributed by atoms with van der Waals surface area (Å²) in [5, 5.41) is 12.2. The highest BCUT2D eigenvalue weighted by Gasteiger charge is 2.40. The van der Waals surface area contributed by atoms with Crippen molar-refractivity contribution in [2.24, 2.45) is 11.8 Å². The van der Waals surface area contributed by atoms with Crippen LogP contribution in [0.4, 0.5) is 4.39 Å². The molecule has 2 atom stereocenters. The van der Waals surface area contributed by atoms with Crippen molar-refractivity contribution < 1.29 is 23.8 Å². The minimum absolute atomic E-state index is 0.134. The average Bonchev–Trinajstić information content (AvgIpc) is 3.06. The van der Waals surface area contributed by atoms with Crippen LogP contribution in [0.15, 0.2) is 24.3 Å². The Hall–Kier alpha value is -1.95. The van der Waals surface area contributed by atoms with Gasteiger partial charge in [-0.3, -0.25) is 9.59 Å². The summed E-state index contributed by atoms with van der Waals surface area (Å²) in [5.74, 6) is -2.04. The van der Waals surface area contributed by atoms with Crippen molar-refractivity contribution in [1.82, 2.24) is 5.32 Å². The molecule has 1 aliphatic heterocycles. The maximum atomic E-state index is 13.7. The summed E-state index contributed by atoms with van der Waals surface area (Å²) in [5.41, 5.74) is 0.102. The van der Waals surface area contributed by atoms with Crippen LogP contribution < -0.4 is 5.32 Å². The molecule has 5 nitrogen and oxygen atoms in total. The lowest BCUT2D eigenvalue weighted by Crippen LogP contribution is -2.51. The van der Waals surface area contributed by atoms with Gasteiger partial charge in [0.05, 0.1) is 11.5 Å². The maximum absolute atomic E-state index is 13.7. The molecule has 1 heterocycles. The van der Waals surface area contributed by atoms with Gasteiger partial charge in [-0.1, -0.05) is 12.1 Å². The Morgan fingerprint density at radius 3 is 2.54 bits per heavy atom. The van der Waals surface area contributed by atoms with Gasteiger partial charge in [0.15, 0.2) is 0 Å². The number of nitrogens with one attached hydrogen (secondary N) is 1. The standard InChI is InChI=1S/C18H22FNO4/c19-15-3-1-2-14(11-15)18(6-8-24-9-7-18)20-16(21)12-4-5-13(10-12)17(22)23/h1-3,11-13H,4-10H2,(H,20,21)(H,22,23)/t12-,13+/m0/s1. The number of hydrogen-bond donors (Lipinski definition) is 2. The van der Waals surface area contributed by atoms with Gasteiger partial charge in [0, 0.05) is 19.1 Å². The zero-order chi connectivity index (χ0) is 17.2. The predicted octanol–water partition coefficient (Wildman–Crippen LogP) is 2.45. The highest BCUT2D eigenvalue weighted by atomic mass is 19.1. The zero-order valence-electron chi connectivity index (χ0n) is 13.5. The number of carboxylic acids is 1. The summed E-state index contributed by atoms with van der Waals surface area (Å²) in [6, 6.07) is 6.31. The lowest BCUT2D eigenvalue weighted by Gasteiger charge is -2.39. The first-order valence-corrected chi connectivity index (χ1v) is 8.39. The Kier molecular flexibility index (Phi) is 4.85. The van der Waals surface area contributed by atoms with E-state index in [0.29, 0.717) is 45.3 Å². The van der Waals surface area contributed by atoms with E-state index >= 15 is 0 Å². The third-order valence-corrected chi connectivity index (χ3v) is 5.24. The monoisotopic (exact) mass is 335 g/mol. The van der Waals surface area contributed by atoms with Crippen molar-refractivity contribution in [3.05, 3.63) is 35.6 Å². The summed E-state index contributed by atoms with van der Waals surface area (Å²) >= 11 is 0. The normalized spacial score (nSPS) is 26.0. The largest absolute Gasteiger partial charge is 0.481 e. The second-order valence-electron chi connectivity index (χ2n) is 6.74. The van der Waals surface area contributed by atoms with Gasteiger partial charge in [-0.15, -0.1) is 0 Å². The highest BCUT2D eigenvalue weighted by Crippen LogP contribution is 2.36. The van der Waals surface area contributed by atoms with Crippen molar-refractivity contribution in [1.29, 1.82) is 0 Å². The molecule has 2 fully saturated rings. The third-order valence-electron chi connectivity index (χ3n) is 5.24. The van der Waals surface area contributed by atoms with Crippen molar-refractivity contribution in [3.8, 4) is 0 Å². The van der Waals surface area contributed by atoms with Crippen LogP contribution in [0.1, 0.15) is 37.7 Å². The second-order valence-corrected chi connectivity index (χ2v) is 6.74. The van der Waals surface area contributed by atoms with E-state index in [1.165, 1.54) is 12.1 Å². The molecule has 1 saturated heterocycles. The van der Waals surface area contributed by atoms with Crippen molar-refractivity contribution in [3.63, 3.8) is 0 Å². The molecule has 1 aliphatic carbocycles. The van der Waals surface area contributed by atoms with Crippen molar-refractivity contribution >= 4 is 11.9 Å². The van der Waals surface area contributed by atoms with Gasteiger partial charge in [-0.05, 0) is 49.8 Å². The molecule has 6 heteroatoms. The van der Waals surface area contributed by atoms with Crippen molar-refractivity contribution in [2.45, 2.75) is 37.6 Å². The lowest BCUT2D eigenvalue weighted by molar-refractivity contribution is -0.141. The van der Waals surface area contributed by atoms with Gasteiger partial charge in [0.1, 0.15) is 5.82 Å². The number of benzene rings is 1. The van der Waals surface area contributed by atoms with Gasteiger partial charge in [0.2, 0.25) is 5.91 Å². The Balaban J connectivity index is 1.78. The fraction of sp³-hybridized carbons (Fsp3) is 0.556. The molecular formula is C18H22FNO4. The number of carbonyl (C=O) groups excluding carboxylic acids is 1. The van der Waals surface area contributed by atoms with Crippen LogP contribution >= 0.6 is 0 Å². The number of carboxylic acid groups (broad SMARTS) is 1. The minimum Gasteiger partial charge on any atom is -0.481 e. The van der Waals surface area contributed by atoms with Crippen LogP contribution in [-0.4, -0.2) is 30.2 Å². The summed E-state index contributed by atoms with van der Waals surface area (Å²) in [4.78, 5) is 23.8. The molecule has 1 amide bonds. The molecule has 24 heavy (non-hydrogen) atoms. The predicted molar refractivity (Wildman–Crippen MR) is 84.7 cm³/mol. The van der Waals surface area contributed by atoms with Gasteiger partial charge < -0.3 is 15.2 Å². The van der Waals surface area contributed by atoms with E-state index in [1.807, 2.05) is 6.07 Å². The van der Waals surface area contributed by atoms with E-state index in [-0.39, 0.29) is 17.6 Å². The van der Waals surface area contributed by atoms with E-state index < -0.39 is 17.4 Å². The Morgan fingerprint density at radius 1 is 1.21 bits per heavy atom. The Bertz CT molecular complexity index is 627. The number of rotatable bonds is 4. The number of aliphatic carboxylic acids is 1. The smallest absolute Gasteiger partial charge is 0.306 e. The topological polar surface area (TPSA) is 75.6 Å². The van der Waals surface area contributed by atoms with Crippen LogP contribution in [-0.2, 0) is 19.9 Å². The SMILES string of the molecule is O=C(O)[C@@H]1CC[C@H](C(=O)NC2(c3cccc(F)c3)CCOCC2)C1. The number of carbonyl (C=O) groups is 2. The summed E-state index contributed by atoms with van der Waals surface area (Å²) < 4.78 is 19.1. The Labute approximate surface area is 140 Å². The number of hydrogen-bond acceptors (Lipinski definition) is 3. The van der Waals surface area contributed by atoms with E-state index in [0.717, 1.165) is 5.56 Å². The molecule has 0 unspecified atom stereocenters. The summed E-state index contributed by atoms with van der Waals surface area (Å²) in [6.45, 7) is 0.998. The third kappa shape index (κ3) is 3.43. The van der Waals surface area contributed by atoms with Crippen LogP contribution in [0.5, 0.6) is 0 Å². The van der Waals surface area contributed by atoms with Gasteiger partial charge >= 0.3 is 5.97 Å². The molecule has 1 aromatic rings. The van der Waals surface area contributed by atoms with Crippen LogP contribution in [0.3, 0.4) is 0 Å². The number of amides is 1. The van der Waals surface area contributed by atoms with Crippen molar-refractivity contribution in [2.75, 3.05) is 13.2 Å². The van der Waals surface area contributed by atoms with Gasteiger partial charge in [0.25, 0.3) is 0 Å². The molecule has 0 aromatic heterocycles. The van der Waals surface area contributed by atoms with Gasteiger partial charge in [-0.25, -0.2) is 4.39 Å². The van der Waals surface area contributed by atoms with Gasteiger partial charge in [-0.2, -0.15) is 0 Å².